The molecule has 2 rings (SSSR count). The topological polar surface area (TPSA) is 136 Å². The van der Waals surface area contributed by atoms with E-state index in [-0.39, 0.29) is 16.3 Å². The lowest BCUT2D eigenvalue weighted by molar-refractivity contribution is 0.302. The van der Waals surface area contributed by atoms with E-state index in [0.717, 1.165) is 6.07 Å². The maximum atomic E-state index is 11.1. The fourth-order valence-electron chi connectivity index (χ4n) is 1.31. The van der Waals surface area contributed by atoms with Crippen molar-refractivity contribution in [3.63, 3.8) is 0 Å². The molecule has 1 aliphatic rings. The maximum absolute atomic E-state index is 11.1. The summed E-state index contributed by atoms with van der Waals surface area (Å²) >= 11 is 0. The lowest BCUT2D eigenvalue weighted by Crippen LogP contribution is -2.30. The van der Waals surface area contributed by atoms with E-state index in [0.29, 0.717) is 0 Å². The van der Waals surface area contributed by atoms with Crippen LogP contribution in [-0.2, 0) is 20.1 Å². The molecule has 0 saturated heterocycles. The first-order valence-electron chi connectivity index (χ1n) is 4.24. The lowest BCUT2D eigenvalue weighted by Gasteiger charge is -2.05. The molecule has 0 amide bonds. The van der Waals surface area contributed by atoms with Gasteiger partial charge < -0.3 is 10.1 Å². The number of nitrogens with two attached hydrogens (primary N) is 1. The highest BCUT2D eigenvalue weighted by Gasteiger charge is 2.32. The van der Waals surface area contributed by atoms with Crippen molar-refractivity contribution in [2.45, 2.75) is 10.5 Å². The van der Waals surface area contributed by atoms with Crippen LogP contribution in [-0.4, -0.2) is 26.9 Å². The van der Waals surface area contributed by atoms with Gasteiger partial charge in [0.1, 0.15) is 5.75 Å². The van der Waals surface area contributed by atoms with Gasteiger partial charge in [-0.1, -0.05) is 0 Å². The summed E-state index contributed by atoms with van der Waals surface area (Å²) in [5, 5.41) is 7.21. The van der Waals surface area contributed by atoms with Crippen LogP contribution >= 0.6 is 0 Å². The molecule has 1 heterocycles. The van der Waals surface area contributed by atoms with Gasteiger partial charge in [-0.15, -0.1) is 0 Å². The van der Waals surface area contributed by atoms with Gasteiger partial charge in [0.15, 0.2) is 0 Å². The van der Waals surface area contributed by atoms with Crippen LogP contribution in [0.4, 0.5) is 5.69 Å². The molecule has 8 nitrogen and oxygen atoms in total. The summed E-state index contributed by atoms with van der Waals surface area (Å²) in [7, 11) is -8.32. The molecule has 10 heteroatoms. The molecule has 0 aliphatic carbocycles. The summed E-state index contributed by atoms with van der Waals surface area (Å²) in [6.07, 6.45) is 0. The van der Waals surface area contributed by atoms with Crippen molar-refractivity contribution in [2.75, 3.05) is 5.32 Å². The molecule has 1 unspecified atom stereocenters. The zero-order chi connectivity index (χ0) is 12.8. The van der Waals surface area contributed by atoms with Crippen molar-refractivity contribution in [2.24, 2.45) is 5.14 Å². The van der Waals surface area contributed by atoms with E-state index in [4.69, 9.17) is 14.4 Å². The Hall–Kier alpha value is -1.36. The first-order valence-corrected chi connectivity index (χ1v) is 7.29. The number of rotatable bonds is 2. The van der Waals surface area contributed by atoms with Crippen molar-refractivity contribution in [3.05, 3.63) is 18.2 Å². The quantitative estimate of drug-likeness (QED) is 0.610. The van der Waals surface area contributed by atoms with Gasteiger partial charge in [0.2, 0.25) is 10.0 Å². The van der Waals surface area contributed by atoms with Crippen LogP contribution in [0.15, 0.2) is 23.1 Å². The minimum absolute atomic E-state index is 0.111. The van der Waals surface area contributed by atoms with Crippen molar-refractivity contribution in [1.29, 1.82) is 0 Å². The number of hydrogen-bond donors (Lipinski definition) is 3. The number of benzene rings is 1. The van der Waals surface area contributed by atoms with Crippen LogP contribution in [0.25, 0.3) is 0 Å². The number of sulfonamides is 1. The first-order chi connectivity index (χ1) is 7.68. The second kappa shape index (κ2) is 3.57. The Morgan fingerprint density at radius 2 is 1.94 bits per heavy atom. The average molecular weight is 280 g/mol. The first kappa shape index (κ1) is 12.1. The van der Waals surface area contributed by atoms with Crippen molar-refractivity contribution < 1.29 is 26.1 Å². The average Bonchev–Trinajstić information content (AvgIpc) is 2.57. The molecule has 0 bridgehead atoms. The van der Waals surface area contributed by atoms with Crippen molar-refractivity contribution in [3.8, 4) is 5.75 Å². The number of primary sulfonamides is 1. The van der Waals surface area contributed by atoms with E-state index in [9.17, 15) is 16.8 Å². The van der Waals surface area contributed by atoms with Gasteiger partial charge in [0, 0.05) is 0 Å². The van der Waals surface area contributed by atoms with Crippen LogP contribution in [0.5, 0.6) is 5.75 Å². The second-order valence-corrected chi connectivity index (χ2v) is 6.33. The normalized spacial score (nSPS) is 19.3. The Morgan fingerprint density at radius 3 is 2.47 bits per heavy atom. The summed E-state index contributed by atoms with van der Waals surface area (Å²) in [5.41, 5.74) is -1.52. The second-order valence-electron chi connectivity index (χ2n) is 3.31. The van der Waals surface area contributed by atoms with E-state index in [1.807, 2.05) is 0 Å². The molecule has 0 aromatic heterocycles. The summed E-state index contributed by atoms with van der Waals surface area (Å²) in [4.78, 5) is -0.191. The SMILES string of the molecule is NS(=O)(=O)c1ccc2c(c1)NC(S(=O)(=O)O)O2. The fraction of sp³-hybridized carbons (Fsp3) is 0.143. The zero-order valence-electron chi connectivity index (χ0n) is 8.19. The third-order valence-corrected chi connectivity index (χ3v) is 3.72. The molecule has 94 valence electrons. The van der Waals surface area contributed by atoms with Gasteiger partial charge in [0.05, 0.1) is 10.6 Å². The summed E-state index contributed by atoms with van der Waals surface area (Å²) < 4.78 is 57.3. The Labute approximate surface area is 97.2 Å². The predicted molar refractivity (Wildman–Crippen MR) is 57.4 cm³/mol. The van der Waals surface area contributed by atoms with Gasteiger partial charge in [-0.3, -0.25) is 4.55 Å². The van der Waals surface area contributed by atoms with Gasteiger partial charge in [-0.25, -0.2) is 13.6 Å². The van der Waals surface area contributed by atoms with E-state index in [1.165, 1.54) is 12.1 Å². The van der Waals surface area contributed by atoms with Gasteiger partial charge >= 0.3 is 10.1 Å². The molecule has 0 spiro atoms. The highest BCUT2D eigenvalue weighted by atomic mass is 32.2. The Balaban J connectivity index is 2.42. The van der Waals surface area contributed by atoms with E-state index >= 15 is 0 Å². The fourth-order valence-corrected chi connectivity index (χ4v) is 2.35. The summed E-state index contributed by atoms with van der Waals surface area (Å²) in [6.45, 7) is 0. The Morgan fingerprint density at radius 1 is 1.29 bits per heavy atom. The monoisotopic (exact) mass is 280 g/mol. The number of anilines is 1. The van der Waals surface area contributed by atoms with Crippen molar-refractivity contribution >= 4 is 25.8 Å². The Kier molecular flexibility index (Phi) is 2.54. The Bertz CT molecular complexity index is 666. The standard InChI is InChI=1S/C7H8N2O6S2/c8-16(10,11)4-1-2-6-5(3-4)9-7(15-6)17(12,13)14/h1-3,7,9H,(H2,8,10,11)(H,12,13,14). The number of hydrogen-bond acceptors (Lipinski definition) is 6. The summed E-state index contributed by atoms with van der Waals surface area (Å²) in [5.74, 6) is 0.111. The smallest absolute Gasteiger partial charge is 0.323 e. The van der Waals surface area contributed by atoms with Crippen LogP contribution in [0.2, 0.25) is 0 Å². The maximum Gasteiger partial charge on any atom is 0.323 e. The molecule has 17 heavy (non-hydrogen) atoms. The van der Waals surface area contributed by atoms with E-state index in [1.54, 1.807) is 0 Å². The molecule has 4 N–H and O–H groups in total. The molecular weight excluding hydrogens is 272 g/mol. The molecule has 0 radical (unpaired) electrons. The number of ether oxygens (including phenoxy) is 1. The van der Waals surface area contributed by atoms with Crippen LogP contribution in [0.3, 0.4) is 0 Å². The largest absolute Gasteiger partial charge is 0.452 e. The van der Waals surface area contributed by atoms with Gasteiger partial charge in [-0.05, 0) is 18.2 Å². The number of fused-ring (bicyclic) bond motifs is 1. The molecule has 0 fully saturated rings. The minimum Gasteiger partial charge on any atom is -0.452 e. The minimum atomic E-state index is -4.43. The van der Waals surface area contributed by atoms with Gasteiger partial charge in [-0.2, -0.15) is 8.42 Å². The lowest BCUT2D eigenvalue weighted by atomic mass is 10.3. The van der Waals surface area contributed by atoms with Crippen LogP contribution < -0.4 is 15.2 Å². The molecule has 1 atom stereocenters. The molecule has 1 aliphatic heterocycles. The molecular formula is C7H8N2O6S2. The van der Waals surface area contributed by atoms with Crippen LogP contribution in [0, 0.1) is 0 Å². The highest BCUT2D eigenvalue weighted by molar-refractivity contribution is 7.89. The van der Waals surface area contributed by atoms with Gasteiger partial charge in [0.25, 0.3) is 5.56 Å². The van der Waals surface area contributed by atoms with E-state index < -0.39 is 25.7 Å². The third kappa shape index (κ3) is 2.34. The highest BCUT2D eigenvalue weighted by Crippen LogP contribution is 2.34. The molecule has 1 aromatic rings. The third-order valence-electron chi connectivity index (χ3n) is 2.06. The predicted octanol–water partition coefficient (Wildman–Crippen LogP) is -0.690. The van der Waals surface area contributed by atoms with E-state index in [2.05, 4.69) is 5.32 Å². The zero-order valence-corrected chi connectivity index (χ0v) is 9.82. The van der Waals surface area contributed by atoms with Crippen molar-refractivity contribution in [1.82, 2.24) is 0 Å². The van der Waals surface area contributed by atoms with Crippen LogP contribution in [0.1, 0.15) is 0 Å². The molecule has 0 saturated carbocycles. The summed E-state index contributed by atoms with van der Waals surface area (Å²) in [6, 6.07) is 3.53. The molecule has 1 aromatic carbocycles. The number of nitrogens with one attached hydrogen (secondary N) is 1.